The number of hydrogen-bond acceptors (Lipinski definition) is 2. The van der Waals surface area contributed by atoms with Gasteiger partial charge in [0.05, 0.1) is 6.54 Å². The summed E-state index contributed by atoms with van der Waals surface area (Å²) in [5.41, 5.74) is 3.79. The Bertz CT molecular complexity index is 1170. The zero-order valence-electron chi connectivity index (χ0n) is 16.3. The van der Waals surface area contributed by atoms with Crippen molar-refractivity contribution in [3.8, 4) is 11.1 Å². The molecule has 0 unspecified atom stereocenters. The Morgan fingerprint density at radius 2 is 1.70 bits per heavy atom. The third-order valence-electron chi connectivity index (χ3n) is 4.85. The molecule has 0 bridgehead atoms. The average Bonchev–Trinajstić information content (AvgIpc) is 3.10. The van der Waals surface area contributed by atoms with Crippen LogP contribution in [0.3, 0.4) is 0 Å². The van der Waals surface area contributed by atoms with Gasteiger partial charge in [0.15, 0.2) is 5.82 Å². The van der Waals surface area contributed by atoms with Crippen LogP contribution in [0.15, 0.2) is 78.9 Å². The molecule has 0 fully saturated rings. The van der Waals surface area contributed by atoms with E-state index in [1.54, 1.807) is 35.0 Å². The lowest BCUT2D eigenvalue weighted by atomic mass is 10.0. The summed E-state index contributed by atoms with van der Waals surface area (Å²) in [5.74, 6) is -0.248. The molecule has 4 rings (SSSR count). The highest BCUT2D eigenvalue weighted by molar-refractivity contribution is 6.31. The fourth-order valence-corrected chi connectivity index (χ4v) is 3.42. The van der Waals surface area contributed by atoms with E-state index in [1.807, 2.05) is 49.4 Å². The maximum absolute atomic E-state index is 14.1. The third kappa shape index (κ3) is 4.26. The zero-order chi connectivity index (χ0) is 21.1. The average molecular weight is 420 g/mol. The Labute approximate surface area is 178 Å². The van der Waals surface area contributed by atoms with Gasteiger partial charge in [-0.05, 0) is 42.3 Å². The van der Waals surface area contributed by atoms with Crippen LogP contribution in [-0.4, -0.2) is 15.7 Å². The number of nitrogens with one attached hydrogen (secondary N) is 1. The standard InChI is InChI=1S/C24H19ClFN3O/c1-16-14-23(28-29(16)15-20-21(25)8-5-9-22(20)26)27-24(30)19-12-10-18(11-13-19)17-6-3-2-4-7-17/h2-14H,15H2,1H3,(H,27,28,30). The van der Waals surface area contributed by atoms with Crippen LogP contribution >= 0.6 is 11.6 Å². The molecule has 6 heteroatoms. The van der Waals surface area contributed by atoms with E-state index in [1.165, 1.54) is 6.07 Å². The van der Waals surface area contributed by atoms with Gasteiger partial charge in [0.2, 0.25) is 0 Å². The van der Waals surface area contributed by atoms with Gasteiger partial charge in [-0.2, -0.15) is 5.10 Å². The summed E-state index contributed by atoms with van der Waals surface area (Å²) in [6, 6.07) is 23.6. The van der Waals surface area contributed by atoms with Crippen molar-refractivity contribution >= 4 is 23.3 Å². The van der Waals surface area contributed by atoms with E-state index in [2.05, 4.69) is 10.4 Å². The SMILES string of the molecule is Cc1cc(NC(=O)c2ccc(-c3ccccc3)cc2)nn1Cc1c(F)cccc1Cl. The Hall–Kier alpha value is -3.44. The summed E-state index contributed by atoms with van der Waals surface area (Å²) in [6.07, 6.45) is 0. The number of carbonyl (C=O) groups excluding carboxylic acids is 1. The largest absolute Gasteiger partial charge is 0.305 e. The fourth-order valence-electron chi connectivity index (χ4n) is 3.20. The van der Waals surface area contributed by atoms with Gasteiger partial charge in [-0.1, -0.05) is 60.1 Å². The summed E-state index contributed by atoms with van der Waals surface area (Å²) in [7, 11) is 0. The smallest absolute Gasteiger partial charge is 0.256 e. The highest BCUT2D eigenvalue weighted by Gasteiger charge is 2.13. The Morgan fingerprint density at radius 3 is 2.40 bits per heavy atom. The van der Waals surface area contributed by atoms with E-state index < -0.39 is 0 Å². The van der Waals surface area contributed by atoms with Crippen LogP contribution in [0, 0.1) is 12.7 Å². The second-order valence-electron chi connectivity index (χ2n) is 6.93. The maximum atomic E-state index is 14.1. The number of aryl methyl sites for hydroxylation is 1. The number of nitrogens with zero attached hydrogens (tertiary/aromatic N) is 2. The molecule has 0 aliphatic rings. The summed E-state index contributed by atoms with van der Waals surface area (Å²) in [6.45, 7) is 2.02. The second-order valence-corrected chi connectivity index (χ2v) is 7.33. The quantitative estimate of drug-likeness (QED) is 0.434. The van der Waals surface area contributed by atoms with E-state index >= 15 is 0 Å². The topological polar surface area (TPSA) is 46.9 Å². The molecule has 1 amide bonds. The summed E-state index contributed by atoms with van der Waals surface area (Å²) >= 11 is 6.11. The number of anilines is 1. The summed E-state index contributed by atoms with van der Waals surface area (Å²) < 4.78 is 15.7. The number of amides is 1. The van der Waals surface area contributed by atoms with Crippen molar-refractivity contribution in [2.75, 3.05) is 5.32 Å². The first kappa shape index (κ1) is 19.9. The minimum Gasteiger partial charge on any atom is -0.305 e. The lowest BCUT2D eigenvalue weighted by molar-refractivity contribution is 0.102. The van der Waals surface area contributed by atoms with E-state index in [-0.39, 0.29) is 18.3 Å². The lowest BCUT2D eigenvalue weighted by Gasteiger charge is -2.08. The highest BCUT2D eigenvalue weighted by Crippen LogP contribution is 2.22. The maximum Gasteiger partial charge on any atom is 0.256 e. The highest BCUT2D eigenvalue weighted by atomic mass is 35.5. The van der Waals surface area contributed by atoms with Crippen molar-refractivity contribution in [3.63, 3.8) is 0 Å². The molecular weight excluding hydrogens is 401 g/mol. The van der Waals surface area contributed by atoms with Crippen LogP contribution in [0.4, 0.5) is 10.2 Å². The van der Waals surface area contributed by atoms with Gasteiger partial charge in [0.25, 0.3) is 5.91 Å². The van der Waals surface area contributed by atoms with Crippen molar-refractivity contribution in [2.45, 2.75) is 13.5 Å². The molecule has 1 N–H and O–H groups in total. The summed E-state index contributed by atoms with van der Waals surface area (Å²) in [5, 5.41) is 7.52. The number of rotatable bonds is 5. The van der Waals surface area contributed by atoms with Crippen LogP contribution in [0.5, 0.6) is 0 Å². The van der Waals surface area contributed by atoms with Gasteiger partial charge in [-0.3, -0.25) is 9.48 Å². The van der Waals surface area contributed by atoms with Gasteiger partial charge < -0.3 is 5.32 Å². The minimum atomic E-state index is -0.388. The molecule has 30 heavy (non-hydrogen) atoms. The number of carbonyl (C=O) groups is 1. The van der Waals surface area contributed by atoms with Crippen LogP contribution < -0.4 is 5.32 Å². The first-order valence-electron chi connectivity index (χ1n) is 9.45. The Balaban J connectivity index is 1.48. The minimum absolute atomic E-state index is 0.180. The molecule has 0 aliphatic heterocycles. The predicted octanol–water partition coefficient (Wildman–Crippen LogP) is 5.95. The van der Waals surface area contributed by atoms with Gasteiger partial charge >= 0.3 is 0 Å². The lowest BCUT2D eigenvalue weighted by Crippen LogP contribution is -2.13. The van der Waals surface area contributed by atoms with E-state index in [0.29, 0.717) is 22.0 Å². The molecule has 150 valence electrons. The van der Waals surface area contributed by atoms with Crippen molar-refractivity contribution < 1.29 is 9.18 Å². The Morgan fingerprint density at radius 1 is 1.00 bits per heavy atom. The molecule has 1 aromatic heterocycles. The monoisotopic (exact) mass is 419 g/mol. The van der Waals surface area contributed by atoms with Crippen molar-refractivity contribution in [1.29, 1.82) is 0 Å². The molecule has 1 heterocycles. The van der Waals surface area contributed by atoms with Crippen LogP contribution in [0.1, 0.15) is 21.6 Å². The first-order chi connectivity index (χ1) is 14.5. The second kappa shape index (κ2) is 8.51. The number of benzene rings is 3. The number of halogens is 2. The Kier molecular flexibility index (Phi) is 5.63. The van der Waals surface area contributed by atoms with Crippen molar-refractivity contribution in [2.24, 2.45) is 0 Å². The van der Waals surface area contributed by atoms with Gasteiger partial charge in [-0.15, -0.1) is 0 Å². The fraction of sp³-hybridized carbons (Fsp3) is 0.0833. The van der Waals surface area contributed by atoms with E-state index in [0.717, 1.165) is 16.8 Å². The van der Waals surface area contributed by atoms with Crippen molar-refractivity contribution in [3.05, 3.63) is 107 Å². The molecule has 0 spiro atoms. The van der Waals surface area contributed by atoms with E-state index in [4.69, 9.17) is 11.6 Å². The van der Waals surface area contributed by atoms with Crippen LogP contribution in [-0.2, 0) is 6.54 Å². The van der Waals surface area contributed by atoms with Gasteiger partial charge in [0.1, 0.15) is 5.82 Å². The molecular formula is C24H19ClFN3O. The van der Waals surface area contributed by atoms with Crippen LogP contribution in [0.25, 0.3) is 11.1 Å². The number of hydrogen-bond donors (Lipinski definition) is 1. The molecule has 0 radical (unpaired) electrons. The van der Waals surface area contributed by atoms with Crippen molar-refractivity contribution in [1.82, 2.24) is 9.78 Å². The molecule has 3 aromatic carbocycles. The molecule has 0 saturated heterocycles. The molecule has 0 aliphatic carbocycles. The van der Waals surface area contributed by atoms with Gasteiger partial charge in [0, 0.05) is 27.9 Å². The molecule has 0 atom stereocenters. The van der Waals surface area contributed by atoms with Gasteiger partial charge in [-0.25, -0.2) is 4.39 Å². The first-order valence-corrected chi connectivity index (χ1v) is 9.83. The molecule has 4 nitrogen and oxygen atoms in total. The normalized spacial score (nSPS) is 10.8. The third-order valence-corrected chi connectivity index (χ3v) is 5.20. The van der Waals surface area contributed by atoms with Crippen LogP contribution in [0.2, 0.25) is 5.02 Å². The molecule has 4 aromatic rings. The summed E-state index contributed by atoms with van der Waals surface area (Å²) in [4.78, 5) is 12.6. The number of aromatic nitrogens is 2. The predicted molar refractivity (Wildman–Crippen MR) is 117 cm³/mol. The van der Waals surface area contributed by atoms with E-state index in [9.17, 15) is 9.18 Å². The molecule has 0 saturated carbocycles. The zero-order valence-corrected chi connectivity index (χ0v) is 17.0.